The van der Waals surface area contributed by atoms with Crippen molar-refractivity contribution in [2.24, 2.45) is 17.8 Å². The first kappa shape index (κ1) is 13.8. The highest BCUT2D eigenvalue weighted by molar-refractivity contribution is 6.32. The second-order valence-corrected chi connectivity index (χ2v) is 7.62. The number of nitrogens with one attached hydrogen (secondary N) is 1. The molecule has 1 aromatic rings. The van der Waals surface area contributed by atoms with E-state index < -0.39 is 0 Å². The van der Waals surface area contributed by atoms with E-state index in [1.54, 1.807) is 6.20 Å². The van der Waals surface area contributed by atoms with Crippen LogP contribution in [0.15, 0.2) is 18.3 Å². The SMILES string of the molecule is Clc1cccnc1NCCOC12CC3CC(CC(C3)C1)C2. The van der Waals surface area contributed by atoms with Crippen molar-refractivity contribution in [3.63, 3.8) is 0 Å². The van der Waals surface area contributed by atoms with Crippen molar-refractivity contribution >= 4 is 17.4 Å². The van der Waals surface area contributed by atoms with Crippen LogP contribution in [0.25, 0.3) is 0 Å². The molecule has 4 saturated carbocycles. The maximum Gasteiger partial charge on any atom is 0.144 e. The summed E-state index contributed by atoms with van der Waals surface area (Å²) >= 11 is 6.09. The zero-order valence-corrected chi connectivity index (χ0v) is 13.1. The molecular formula is C17H23ClN2O. The average molecular weight is 307 g/mol. The lowest BCUT2D eigenvalue weighted by Crippen LogP contribution is -2.52. The first-order valence-electron chi connectivity index (χ1n) is 8.21. The molecule has 0 spiro atoms. The highest BCUT2D eigenvalue weighted by Gasteiger charge is 2.51. The van der Waals surface area contributed by atoms with Crippen molar-refractivity contribution in [2.45, 2.75) is 44.1 Å². The molecule has 4 bridgehead atoms. The Bertz CT molecular complexity index is 484. The average Bonchev–Trinajstić information content (AvgIpc) is 2.44. The minimum atomic E-state index is 0.199. The molecule has 1 aromatic heterocycles. The topological polar surface area (TPSA) is 34.2 Å². The Balaban J connectivity index is 1.30. The lowest BCUT2D eigenvalue weighted by molar-refractivity contribution is -0.159. The summed E-state index contributed by atoms with van der Waals surface area (Å²) in [7, 11) is 0. The smallest absolute Gasteiger partial charge is 0.144 e. The zero-order chi connectivity index (χ0) is 14.3. The van der Waals surface area contributed by atoms with Crippen LogP contribution >= 0.6 is 11.6 Å². The molecule has 0 aliphatic heterocycles. The van der Waals surface area contributed by atoms with E-state index in [1.165, 1.54) is 38.5 Å². The summed E-state index contributed by atoms with van der Waals surface area (Å²) < 4.78 is 6.37. The number of rotatable bonds is 5. The van der Waals surface area contributed by atoms with Crippen molar-refractivity contribution < 1.29 is 4.74 Å². The van der Waals surface area contributed by atoms with Gasteiger partial charge in [-0.2, -0.15) is 0 Å². The molecule has 0 atom stereocenters. The van der Waals surface area contributed by atoms with Crippen LogP contribution in [0.3, 0.4) is 0 Å². The van der Waals surface area contributed by atoms with Gasteiger partial charge < -0.3 is 10.1 Å². The Labute approximate surface area is 131 Å². The third-order valence-corrected chi connectivity index (χ3v) is 5.85. The van der Waals surface area contributed by atoms with Crippen LogP contribution < -0.4 is 5.32 Å². The molecule has 4 aliphatic rings. The number of ether oxygens (including phenoxy) is 1. The maximum atomic E-state index is 6.37. The first-order chi connectivity index (χ1) is 10.2. The van der Waals surface area contributed by atoms with Gasteiger partial charge in [0.25, 0.3) is 0 Å². The summed E-state index contributed by atoms with van der Waals surface area (Å²) in [5.41, 5.74) is 0.199. The predicted octanol–water partition coefficient (Wildman–Crippen LogP) is 4.13. The van der Waals surface area contributed by atoms with Crippen molar-refractivity contribution in [3.8, 4) is 0 Å². The first-order valence-corrected chi connectivity index (χ1v) is 8.59. The third-order valence-electron chi connectivity index (χ3n) is 5.54. The molecule has 21 heavy (non-hydrogen) atoms. The highest BCUT2D eigenvalue weighted by atomic mass is 35.5. The molecule has 3 nitrogen and oxygen atoms in total. The van der Waals surface area contributed by atoms with E-state index in [0.29, 0.717) is 5.02 Å². The molecule has 0 radical (unpaired) electrons. The number of hydrogen-bond donors (Lipinski definition) is 1. The van der Waals surface area contributed by atoms with Gasteiger partial charge in [-0.25, -0.2) is 4.98 Å². The number of anilines is 1. The van der Waals surface area contributed by atoms with Gasteiger partial charge >= 0.3 is 0 Å². The Morgan fingerprint density at radius 3 is 2.48 bits per heavy atom. The van der Waals surface area contributed by atoms with Crippen molar-refractivity contribution in [2.75, 3.05) is 18.5 Å². The molecule has 0 amide bonds. The normalized spacial score (nSPS) is 36.9. The van der Waals surface area contributed by atoms with Gasteiger partial charge in [-0.05, 0) is 68.4 Å². The zero-order valence-electron chi connectivity index (χ0n) is 12.4. The molecule has 5 rings (SSSR count). The molecule has 4 fully saturated rings. The molecule has 114 valence electrons. The van der Waals surface area contributed by atoms with E-state index in [4.69, 9.17) is 16.3 Å². The molecule has 4 heteroatoms. The number of halogens is 1. The molecule has 0 aromatic carbocycles. The van der Waals surface area contributed by atoms with Gasteiger partial charge in [0, 0.05) is 12.7 Å². The molecule has 1 heterocycles. The van der Waals surface area contributed by atoms with Crippen LogP contribution in [0.1, 0.15) is 38.5 Å². The number of aromatic nitrogens is 1. The molecule has 0 saturated heterocycles. The van der Waals surface area contributed by atoms with Crippen LogP contribution in [0.4, 0.5) is 5.82 Å². The number of pyridine rings is 1. The fraction of sp³-hybridized carbons (Fsp3) is 0.706. The van der Waals surface area contributed by atoms with Gasteiger partial charge in [-0.3, -0.25) is 0 Å². The summed E-state index contributed by atoms with van der Waals surface area (Å²) in [6.45, 7) is 1.53. The molecule has 1 N–H and O–H groups in total. The van der Waals surface area contributed by atoms with Crippen LogP contribution in [-0.4, -0.2) is 23.7 Å². The van der Waals surface area contributed by atoms with E-state index in [9.17, 15) is 0 Å². The lowest BCUT2D eigenvalue weighted by atomic mass is 9.54. The van der Waals surface area contributed by atoms with Crippen molar-refractivity contribution in [1.29, 1.82) is 0 Å². The molecule has 0 unspecified atom stereocenters. The second kappa shape index (κ2) is 5.44. The number of hydrogen-bond acceptors (Lipinski definition) is 3. The quantitative estimate of drug-likeness (QED) is 0.830. The fourth-order valence-electron chi connectivity index (χ4n) is 5.16. The fourth-order valence-corrected chi connectivity index (χ4v) is 5.35. The van der Waals surface area contributed by atoms with Gasteiger partial charge in [-0.15, -0.1) is 0 Å². The van der Waals surface area contributed by atoms with E-state index in [0.717, 1.165) is 36.7 Å². The highest BCUT2D eigenvalue weighted by Crippen LogP contribution is 2.57. The summed E-state index contributed by atoms with van der Waals surface area (Å²) in [5, 5.41) is 3.95. The maximum absolute atomic E-state index is 6.37. The summed E-state index contributed by atoms with van der Waals surface area (Å²) in [6.07, 6.45) is 10.0. The predicted molar refractivity (Wildman–Crippen MR) is 84.6 cm³/mol. The summed E-state index contributed by atoms with van der Waals surface area (Å²) in [5.74, 6) is 3.58. The molecule has 4 aliphatic carbocycles. The summed E-state index contributed by atoms with van der Waals surface area (Å²) in [6, 6.07) is 3.70. The van der Waals surface area contributed by atoms with E-state index in [-0.39, 0.29) is 5.60 Å². The minimum Gasteiger partial charge on any atom is -0.373 e. The standard InChI is InChI=1S/C17H23ClN2O/c18-15-2-1-3-19-16(15)20-4-5-21-17-9-12-6-13(10-17)8-14(7-12)11-17/h1-3,12-14H,4-11H2,(H,19,20). The monoisotopic (exact) mass is 306 g/mol. The lowest BCUT2D eigenvalue weighted by Gasteiger charge is -2.56. The molecular weight excluding hydrogens is 284 g/mol. The Kier molecular flexibility index (Phi) is 3.58. The van der Waals surface area contributed by atoms with E-state index in [2.05, 4.69) is 10.3 Å². The largest absolute Gasteiger partial charge is 0.373 e. The minimum absolute atomic E-state index is 0.199. The number of nitrogens with zero attached hydrogens (tertiary/aromatic N) is 1. The van der Waals surface area contributed by atoms with Gasteiger partial charge in [-0.1, -0.05) is 11.6 Å². The Hall–Kier alpha value is -0.800. The second-order valence-electron chi connectivity index (χ2n) is 7.21. The van der Waals surface area contributed by atoms with Crippen molar-refractivity contribution in [1.82, 2.24) is 4.98 Å². The van der Waals surface area contributed by atoms with Crippen molar-refractivity contribution in [3.05, 3.63) is 23.4 Å². The summed E-state index contributed by atoms with van der Waals surface area (Å²) in [4.78, 5) is 4.24. The van der Waals surface area contributed by atoms with Crippen LogP contribution in [0, 0.1) is 17.8 Å². The van der Waals surface area contributed by atoms with Gasteiger partial charge in [0.2, 0.25) is 0 Å². The van der Waals surface area contributed by atoms with E-state index in [1.807, 2.05) is 12.1 Å². The van der Waals surface area contributed by atoms with Crippen LogP contribution in [0.5, 0.6) is 0 Å². The van der Waals surface area contributed by atoms with Gasteiger partial charge in [0.15, 0.2) is 0 Å². The Morgan fingerprint density at radius 2 is 1.86 bits per heavy atom. The van der Waals surface area contributed by atoms with Gasteiger partial charge in [0.1, 0.15) is 5.82 Å². The van der Waals surface area contributed by atoms with E-state index >= 15 is 0 Å². The third kappa shape index (κ3) is 2.78. The van der Waals surface area contributed by atoms with Gasteiger partial charge in [0.05, 0.1) is 17.2 Å². The van der Waals surface area contributed by atoms with Crippen LogP contribution in [-0.2, 0) is 4.74 Å². The Morgan fingerprint density at radius 1 is 1.19 bits per heavy atom. The van der Waals surface area contributed by atoms with Crippen LogP contribution in [0.2, 0.25) is 5.02 Å².